The standard InChI is InChI=1S/C19H15N5OS/c1-11(18-20-12(2)23-25-18)26-19-22-14-8-4-3-7-13(14)17-21-15-9-5-6-10-16(15)24(17)19/h3-11H,1-2H3/t11-/m0/s1. The fourth-order valence-corrected chi connectivity index (χ4v) is 4.03. The van der Waals surface area contributed by atoms with E-state index in [2.05, 4.69) is 26.7 Å². The summed E-state index contributed by atoms with van der Waals surface area (Å²) in [5.74, 6) is 1.23. The number of hydrogen-bond donors (Lipinski definition) is 0. The number of rotatable bonds is 3. The molecule has 6 nitrogen and oxygen atoms in total. The number of fused-ring (bicyclic) bond motifs is 5. The van der Waals surface area contributed by atoms with Crippen LogP contribution in [0.25, 0.3) is 27.6 Å². The molecule has 7 heteroatoms. The smallest absolute Gasteiger partial charge is 0.239 e. The van der Waals surface area contributed by atoms with Crippen LogP contribution in [0.15, 0.2) is 58.2 Å². The van der Waals surface area contributed by atoms with Gasteiger partial charge in [0.05, 0.1) is 21.8 Å². The molecule has 0 unspecified atom stereocenters. The van der Waals surface area contributed by atoms with Gasteiger partial charge in [0.25, 0.3) is 0 Å². The molecule has 0 saturated heterocycles. The van der Waals surface area contributed by atoms with E-state index in [1.165, 1.54) is 0 Å². The van der Waals surface area contributed by atoms with Gasteiger partial charge >= 0.3 is 0 Å². The molecule has 0 N–H and O–H groups in total. The fraction of sp³-hybridized carbons (Fsp3) is 0.158. The average molecular weight is 361 g/mol. The quantitative estimate of drug-likeness (QED) is 0.346. The normalized spacial score (nSPS) is 13.0. The molecule has 0 bridgehead atoms. The van der Waals surface area contributed by atoms with E-state index in [1.807, 2.05) is 50.2 Å². The van der Waals surface area contributed by atoms with E-state index < -0.39 is 0 Å². The third-order valence-electron chi connectivity index (χ3n) is 4.29. The van der Waals surface area contributed by atoms with Crippen LogP contribution in [0, 0.1) is 6.92 Å². The van der Waals surface area contributed by atoms with Crippen molar-refractivity contribution in [2.45, 2.75) is 24.3 Å². The van der Waals surface area contributed by atoms with E-state index in [-0.39, 0.29) is 5.25 Å². The van der Waals surface area contributed by atoms with Crippen molar-refractivity contribution < 1.29 is 4.52 Å². The third kappa shape index (κ3) is 2.35. The van der Waals surface area contributed by atoms with Gasteiger partial charge in [0.1, 0.15) is 5.65 Å². The molecule has 0 radical (unpaired) electrons. The second-order valence-corrected chi connectivity index (χ2v) is 7.42. The van der Waals surface area contributed by atoms with Crippen LogP contribution in [0.1, 0.15) is 23.9 Å². The Balaban J connectivity index is 1.76. The predicted octanol–water partition coefficient (Wildman–Crippen LogP) is 4.58. The topological polar surface area (TPSA) is 69.1 Å². The van der Waals surface area contributed by atoms with Gasteiger partial charge in [-0.15, -0.1) is 0 Å². The maximum atomic E-state index is 5.33. The van der Waals surface area contributed by atoms with E-state index in [9.17, 15) is 0 Å². The number of benzene rings is 2. The van der Waals surface area contributed by atoms with Crippen LogP contribution in [-0.4, -0.2) is 24.5 Å². The first-order valence-corrected chi connectivity index (χ1v) is 9.21. The zero-order valence-corrected chi connectivity index (χ0v) is 15.1. The van der Waals surface area contributed by atoms with E-state index in [0.29, 0.717) is 11.7 Å². The Hall–Kier alpha value is -2.93. The van der Waals surface area contributed by atoms with E-state index in [4.69, 9.17) is 14.5 Å². The largest absolute Gasteiger partial charge is 0.338 e. The summed E-state index contributed by atoms with van der Waals surface area (Å²) in [5.41, 5.74) is 3.82. The molecule has 128 valence electrons. The van der Waals surface area contributed by atoms with E-state index in [0.717, 1.165) is 32.7 Å². The van der Waals surface area contributed by atoms with Gasteiger partial charge in [0.2, 0.25) is 5.89 Å². The molecule has 0 spiro atoms. The lowest BCUT2D eigenvalue weighted by Crippen LogP contribution is -1.99. The van der Waals surface area contributed by atoms with Gasteiger partial charge in [0, 0.05) is 5.39 Å². The van der Waals surface area contributed by atoms with Crippen LogP contribution in [0.3, 0.4) is 0 Å². The van der Waals surface area contributed by atoms with Crippen molar-refractivity contribution in [2.24, 2.45) is 0 Å². The van der Waals surface area contributed by atoms with E-state index >= 15 is 0 Å². The lowest BCUT2D eigenvalue weighted by molar-refractivity contribution is 0.376. The summed E-state index contributed by atoms with van der Waals surface area (Å²) >= 11 is 1.59. The average Bonchev–Trinajstić information content (AvgIpc) is 3.26. The Labute approximate surface area is 153 Å². The number of aromatic nitrogens is 5. The maximum Gasteiger partial charge on any atom is 0.239 e. The van der Waals surface area contributed by atoms with Gasteiger partial charge < -0.3 is 4.52 Å². The zero-order valence-electron chi connectivity index (χ0n) is 14.2. The molecule has 5 aromatic rings. The van der Waals surface area contributed by atoms with Gasteiger partial charge in [-0.2, -0.15) is 4.98 Å². The van der Waals surface area contributed by atoms with Crippen LogP contribution in [0.5, 0.6) is 0 Å². The molecule has 0 fully saturated rings. The number of hydrogen-bond acceptors (Lipinski definition) is 6. The summed E-state index contributed by atoms with van der Waals surface area (Å²) in [5, 5.41) is 5.77. The predicted molar refractivity (Wildman–Crippen MR) is 101 cm³/mol. The number of imidazole rings is 1. The Morgan fingerprint density at radius 1 is 0.962 bits per heavy atom. The van der Waals surface area contributed by atoms with Crippen molar-refractivity contribution in [1.82, 2.24) is 24.5 Å². The summed E-state index contributed by atoms with van der Waals surface area (Å²) in [7, 11) is 0. The Morgan fingerprint density at radius 2 is 1.73 bits per heavy atom. The van der Waals surface area contributed by atoms with Crippen molar-refractivity contribution >= 4 is 39.3 Å². The highest BCUT2D eigenvalue weighted by Gasteiger charge is 2.20. The summed E-state index contributed by atoms with van der Waals surface area (Å²) in [4.78, 5) is 14.1. The number of para-hydroxylation sites is 3. The molecule has 5 rings (SSSR count). The fourth-order valence-electron chi connectivity index (χ4n) is 3.08. The molecule has 2 aromatic carbocycles. The first-order valence-electron chi connectivity index (χ1n) is 8.33. The molecule has 0 saturated carbocycles. The lowest BCUT2D eigenvalue weighted by atomic mass is 10.2. The van der Waals surface area contributed by atoms with Crippen molar-refractivity contribution in [1.29, 1.82) is 0 Å². The molecule has 1 atom stereocenters. The third-order valence-corrected chi connectivity index (χ3v) is 5.33. The first kappa shape index (κ1) is 15.3. The van der Waals surface area contributed by atoms with Gasteiger partial charge in [-0.05, 0) is 38.1 Å². The molecule has 3 aromatic heterocycles. The van der Waals surface area contributed by atoms with Crippen LogP contribution in [0.2, 0.25) is 0 Å². The van der Waals surface area contributed by atoms with Crippen molar-refractivity contribution in [3.8, 4) is 0 Å². The Bertz CT molecular complexity index is 1260. The lowest BCUT2D eigenvalue weighted by Gasteiger charge is -2.10. The number of thioether (sulfide) groups is 1. The second kappa shape index (κ2) is 5.81. The van der Waals surface area contributed by atoms with Crippen LogP contribution in [-0.2, 0) is 0 Å². The molecule has 0 aliphatic rings. The minimum absolute atomic E-state index is 0.0192. The van der Waals surface area contributed by atoms with Crippen molar-refractivity contribution in [2.75, 3.05) is 0 Å². The van der Waals surface area contributed by atoms with Crippen LogP contribution >= 0.6 is 11.8 Å². The molecule has 0 aliphatic heterocycles. The van der Waals surface area contributed by atoms with Gasteiger partial charge in [0.15, 0.2) is 11.0 Å². The highest BCUT2D eigenvalue weighted by molar-refractivity contribution is 7.99. The van der Waals surface area contributed by atoms with Crippen LogP contribution in [0.4, 0.5) is 0 Å². The van der Waals surface area contributed by atoms with Crippen LogP contribution < -0.4 is 0 Å². The zero-order chi connectivity index (χ0) is 17.7. The Kier molecular flexibility index (Phi) is 3.43. The van der Waals surface area contributed by atoms with E-state index in [1.54, 1.807) is 11.8 Å². The molecule has 3 heterocycles. The summed E-state index contributed by atoms with van der Waals surface area (Å²) < 4.78 is 7.45. The minimum Gasteiger partial charge on any atom is -0.338 e. The summed E-state index contributed by atoms with van der Waals surface area (Å²) in [6, 6.07) is 16.2. The van der Waals surface area contributed by atoms with Gasteiger partial charge in [-0.1, -0.05) is 41.2 Å². The highest BCUT2D eigenvalue weighted by Crippen LogP contribution is 2.36. The highest BCUT2D eigenvalue weighted by atomic mass is 32.2. The molecular weight excluding hydrogens is 346 g/mol. The molecular formula is C19H15N5OS. The first-order chi connectivity index (χ1) is 12.7. The summed E-state index contributed by atoms with van der Waals surface area (Å²) in [6.45, 7) is 3.86. The number of nitrogens with zero attached hydrogens (tertiary/aromatic N) is 5. The van der Waals surface area contributed by atoms with Crippen molar-refractivity contribution in [3.05, 3.63) is 60.2 Å². The van der Waals surface area contributed by atoms with Gasteiger partial charge in [-0.25, -0.2) is 9.97 Å². The minimum atomic E-state index is -0.0192. The van der Waals surface area contributed by atoms with Crippen molar-refractivity contribution in [3.63, 3.8) is 0 Å². The monoisotopic (exact) mass is 361 g/mol. The Morgan fingerprint density at radius 3 is 2.54 bits per heavy atom. The molecule has 0 aliphatic carbocycles. The maximum absolute atomic E-state index is 5.33. The molecule has 0 amide bonds. The van der Waals surface area contributed by atoms with Gasteiger partial charge in [-0.3, -0.25) is 4.40 Å². The summed E-state index contributed by atoms with van der Waals surface area (Å²) in [6.07, 6.45) is 0. The number of aryl methyl sites for hydroxylation is 1. The SMILES string of the molecule is Cc1noc([C@H](C)Sc2nc3ccccc3c3nc4ccccc4n23)n1. The molecule has 26 heavy (non-hydrogen) atoms. The second-order valence-electron chi connectivity index (χ2n) is 6.11.